The van der Waals surface area contributed by atoms with E-state index in [1.165, 1.54) is 0 Å². The van der Waals surface area contributed by atoms with Crippen molar-refractivity contribution in [3.8, 4) is 0 Å². The Balaban J connectivity index is 2.11. The molecule has 0 aromatic heterocycles. The largest absolute Gasteiger partial charge is 0.333 e. The van der Waals surface area contributed by atoms with Crippen LogP contribution in [0.1, 0.15) is 39.7 Å². The highest BCUT2D eigenvalue weighted by atomic mass is 16.2. The van der Waals surface area contributed by atoms with Gasteiger partial charge in [0.15, 0.2) is 0 Å². The quantitative estimate of drug-likeness (QED) is 0.707. The maximum atomic E-state index is 12.9. The molecule has 0 aliphatic carbocycles. The summed E-state index contributed by atoms with van der Waals surface area (Å²) in [5.74, 6) is -1.25. The average Bonchev–Trinajstić information content (AvgIpc) is 2.79. The Labute approximate surface area is 152 Å². The highest BCUT2D eigenvalue weighted by Gasteiger charge is 2.51. The van der Waals surface area contributed by atoms with E-state index in [2.05, 4.69) is 16.0 Å². The fraction of sp³-hybridized carbons (Fsp3) is 0.444. The number of hydrogen-bond donors (Lipinski definition) is 3. The van der Waals surface area contributed by atoms with E-state index in [0.717, 1.165) is 4.90 Å². The number of urea groups is 2. The van der Waals surface area contributed by atoms with Gasteiger partial charge >= 0.3 is 12.1 Å². The Morgan fingerprint density at radius 1 is 1.15 bits per heavy atom. The lowest BCUT2D eigenvalue weighted by Gasteiger charge is -2.25. The molecule has 1 aromatic rings. The molecule has 1 heterocycles. The molecule has 1 aromatic carbocycles. The number of carbonyl (C=O) groups excluding carboxylic acids is 4. The molecule has 0 unspecified atom stereocenters. The van der Waals surface area contributed by atoms with Crippen molar-refractivity contribution in [2.75, 3.05) is 6.54 Å². The van der Waals surface area contributed by atoms with Crippen LogP contribution in [0.25, 0.3) is 0 Å². The van der Waals surface area contributed by atoms with Crippen LogP contribution in [-0.2, 0) is 15.1 Å². The minimum atomic E-state index is -1.20. The van der Waals surface area contributed by atoms with Gasteiger partial charge in [0.25, 0.3) is 5.91 Å². The van der Waals surface area contributed by atoms with Gasteiger partial charge in [-0.25, -0.2) is 9.59 Å². The van der Waals surface area contributed by atoms with Crippen molar-refractivity contribution in [2.24, 2.45) is 0 Å². The molecule has 1 aliphatic rings. The van der Waals surface area contributed by atoms with E-state index in [-0.39, 0.29) is 0 Å². The summed E-state index contributed by atoms with van der Waals surface area (Å²) >= 11 is 0. The summed E-state index contributed by atoms with van der Waals surface area (Å²) in [6, 6.07) is 7.53. The maximum absolute atomic E-state index is 12.9. The molecule has 2 rings (SSSR count). The number of nitrogens with zero attached hydrogens (tertiary/aromatic N) is 1. The van der Waals surface area contributed by atoms with Crippen LogP contribution in [0.2, 0.25) is 0 Å². The molecule has 1 fully saturated rings. The number of rotatable bonds is 4. The molecule has 0 radical (unpaired) electrons. The number of imide groups is 2. The van der Waals surface area contributed by atoms with Crippen LogP contribution in [0.5, 0.6) is 0 Å². The number of nitrogens with one attached hydrogen (secondary N) is 3. The molecule has 1 aliphatic heterocycles. The maximum Gasteiger partial charge on any atom is 0.325 e. The zero-order valence-electron chi connectivity index (χ0n) is 15.4. The Kier molecular flexibility index (Phi) is 5.34. The molecular weight excluding hydrogens is 336 g/mol. The van der Waals surface area contributed by atoms with Crippen molar-refractivity contribution in [2.45, 2.75) is 45.2 Å². The van der Waals surface area contributed by atoms with E-state index < -0.39 is 41.5 Å². The van der Waals surface area contributed by atoms with E-state index in [1.54, 1.807) is 52.0 Å². The zero-order valence-corrected chi connectivity index (χ0v) is 15.4. The first-order chi connectivity index (χ1) is 12.1. The minimum Gasteiger partial charge on any atom is -0.333 e. The Hall–Kier alpha value is -2.90. The lowest BCUT2D eigenvalue weighted by atomic mass is 9.87. The van der Waals surface area contributed by atoms with E-state index >= 15 is 0 Å². The highest BCUT2D eigenvalue weighted by molar-refractivity contribution is 6.10. The molecule has 0 bridgehead atoms. The molecule has 3 N–H and O–H groups in total. The van der Waals surface area contributed by atoms with Crippen LogP contribution in [0.3, 0.4) is 0 Å². The number of hydrogen-bond acceptors (Lipinski definition) is 4. The second kappa shape index (κ2) is 7.15. The lowest BCUT2D eigenvalue weighted by Crippen LogP contribution is -2.51. The molecule has 1 atom stereocenters. The van der Waals surface area contributed by atoms with Crippen LogP contribution in [-0.4, -0.2) is 40.9 Å². The van der Waals surface area contributed by atoms with Crippen molar-refractivity contribution in [3.05, 3.63) is 35.9 Å². The molecule has 26 heavy (non-hydrogen) atoms. The summed E-state index contributed by atoms with van der Waals surface area (Å²) in [7, 11) is 0. The van der Waals surface area contributed by atoms with E-state index in [0.29, 0.717) is 12.0 Å². The third-order valence-corrected chi connectivity index (χ3v) is 4.02. The SMILES string of the molecule is CC[C@@]1(c2ccccc2)NC(=O)N(CC(=O)NC(=O)NC(C)(C)C)C1=O. The normalized spacial score (nSPS) is 19.9. The second-order valence-electron chi connectivity index (χ2n) is 7.20. The Morgan fingerprint density at radius 3 is 2.31 bits per heavy atom. The van der Waals surface area contributed by atoms with Crippen molar-refractivity contribution in [1.82, 2.24) is 20.9 Å². The van der Waals surface area contributed by atoms with E-state index in [9.17, 15) is 19.2 Å². The molecule has 8 nitrogen and oxygen atoms in total. The van der Waals surface area contributed by atoms with Crippen LogP contribution < -0.4 is 16.0 Å². The Morgan fingerprint density at radius 2 is 1.77 bits per heavy atom. The third kappa shape index (κ3) is 4.01. The molecule has 6 amide bonds. The molecule has 1 saturated heterocycles. The standard InChI is InChI=1S/C18H24N4O4/c1-5-18(12-9-7-6-8-10-12)14(24)22(16(26)21-18)11-13(23)19-15(25)20-17(2,3)4/h6-10H,5,11H2,1-4H3,(H,21,26)(H2,19,20,23,25)/t18-/m0/s1. The van der Waals surface area contributed by atoms with Crippen LogP contribution >= 0.6 is 0 Å². The van der Waals surface area contributed by atoms with Gasteiger partial charge < -0.3 is 10.6 Å². The van der Waals surface area contributed by atoms with Gasteiger partial charge in [0.1, 0.15) is 12.1 Å². The fourth-order valence-electron chi connectivity index (χ4n) is 2.81. The monoisotopic (exact) mass is 360 g/mol. The molecule has 140 valence electrons. The Bertz CT molecular complexity index is 726. The van der Waals surface area contributed by atoms with Gasteiger partial charge in [0.2, 0.25) is 5.91 Å². The van der Waals surface area contributed by atoms with E-state index in [1.807, 2.05) is 6.07 Å². The smallest absolute Gasteiger partial charge is 0.325 e. The molecule has 0 spiro atoms. The number of carbonyl (C=O) groups is 4. The summed E-state index contributed by atoms with van der Waals surface area (Å²) in [4.78, 5) is 49.8. The summed E-state index contributed by atoms with van der Waals surface area (Å²) in [6.45, 7) is 6.56. The first-order valence-corrected chi connectivity index (χ1v) is 8.40. The highest BCUT2D eigenvalue weighted by Crippen LogP contribution is 2.32. The summed E-state index contributed by atoms with van der Waals surface area (Å²) in [5, 5.41) is 7.39. The van der Waals surface area contributed by atoms with Gasteiger partial charge in [-0.3, -0.25) is 19.8 Å². The predicted octanol–water partition coefficient (Wildman–Crippen LogP) is 1.47. The van der Waals surface area contributed by atoms with Crippen LogP contribution in [0.4, 0.5) is 9.59 Å². The van der Waals surface area contributed by atoms with Crippen molar-refractivity contribution in [3.63, 3.8) is 0 Å². The summed E-state index contributed by atoms with van der Waals surface area (Å²) in [6.07, 6.45) is 0.338. The van der Waals surface area contributed by atoms with Crippen LogP contribution in [0, 0.1) is 0 Å². The molecular formula is C18H24N4O4. The van der Waals surface area contributed by atoms with Gasteiger partial charge in [-0.2, -0.15) is 0 Å². The first-order valence-electron chi connectivity index (χ1n) is 8.40. The third-order valence-electron chi connectivity index (χ3n) is 4.02. The summed E-state index contributed by atoms with van der Waals surface area (Å²) < 4.78 is 0. The first kappa shape index (κ1) is 19.4. The van der Waals surface area contributed by atoms with Gasteiger partial charge in [0, 0.05) is 5.54 Å². The van der Waals surface area contributed by atoms with Gasteiger partial charge in [0.05, 0.1) is 0 Å². The van der Waals surface area contributed by atoms with Gasteiger partial charge in [-0.05, 0) is 32.8 Å². The van der Waals surface area contributed by atoms with E-state index in [4.69, 9.17) is 0 Å². The van der Waals surface area contributed by atoms with Crippen molar-refractivity contribution in [1.29, 1.82) is 0 Å². The topological polar surface area (TPSA) is 108 Å². The van der Waals surface area contributed by atoms with Crippen molar-refractivity contribution >= 4 is 23.9 Å². The second-order valence-corrected chi connectivity index (χ2v) is 7.20. The van der Waals surface area contributed by atoms with Crippen molar-refractivity contribution < 1.29 is 19.2 Å². The van der Waals surface area contributed by atoms with Gasteiger partial charge in [-0.1, -0.05) is 37.3 Å². The van der Waals surface area contributed by atoms with Gasteiger partial charge in [-0.15, -0.1) is 0 Å². The average molecular weight is 360 g/mol. The molecule has 0 saturated carbocycles. The summed E-state index contributed by atoms with van der Waals surface area (Å²) in [5.41, 5.74) is -1.07. The minimum absolute atomic E-state index is 0.338. The lowest BCUT2D eigenvalue weighted by molar-refractivity contribution is -0.135. The number of benzene rings is 1. The zero-order chi connectivity index (χ0) is 19.5. The predicted molar refractivity (Wildman–Crippen MR) is 95.1 cm³/mol. The van der Waals surface area contributed by atoms with Crippen LogP contribution in [0.15, 0.2) is 30.3 Å². The number of amides is 6. The molecule has 8 heteroatoms. The fourth-order valence-corrected chi connectivity index (χ4v) is 2.81.